The van der Waals surface area contributed by atoms with Crippen molar-refractivity contribution in [1.29, 1.82) is 0 Å². The van der Waals surface area contributed by atoms with Gasteiger partial charge in [-0.1, -0.05) is 42.5 Å². The number of rotatable bonds is 7. The van der Waals surface area contributed by atoms with Crippen LogP contribution < -0.4 is 10.6 Å². The topological polar surface area (TPSA) is 56.7 Å². The Labute approximate surface area is 191 Å². The largest absolute Gasteiger partial charge is 0.416 e. The SMILES string of the molecule is CN(C)C(=O)CNC(=NCc1cccc(C(F)(F)F)c1)NCCc1ccccc1.I. The average molecular weight is 534 g/mol. The van der Waals surface area contributed by atoms with E-state index in [9.17, 15) is 18.0 Å². The minimum absolute atomic E-state index is 0. The van der Waals surface area contributed by atoms with Crippen LogP contribution in [0.1, 0.15) is 16.7 Å². The summed E-state index contributed by atoms with van der Waals surface area (Å²) >= 11 is 0. The fourth-order valence-corrected chi connectivity index (χ4v) is 2.48. The predicted octanol–water partition coefficient (Wildman–Crippen LogP) is 3.69. The van der Waals surface area contributed by atoms with Crippen molar-refractivity contribution < 1.29 is 18.0 Å². The van der Waals surface area contributed by atoms with Gasteiger partial charge in [-0.25, -0.2) is 4.99 Å². The Balaban J connectivity index is 0.00000450. The molecule has 2 rings (SSSR count). The van der Waals surface area contributed by atoms with Gasteiger partial charge in [-0.3, -0.25) is 4.79 Å². The Morgan fingerprint density at radius 3 is 2.30 bits per heavy atom. The maximum absolute atomic E-state index is 12.9. The second kappa shape index (κ2) is 12.4. The summed E-state index contributed by atoms with van der Waals surface area (Å²) in [7, 11) is 3.29. The minimum atomic E-state index is -4.40. The number of nitrogens with zero attached hydrogens (tertiary/aromatic N) is 2. The molecule has 0 aliphatic rings. The Morgan fingerprint density at radius 1 is 1.00 bits per heavy atom. The number of alkyl halides is 3. The quantitative estimate of drug-likeness (QED) is 0.324. The van der Waals surface area contributed by atoms with E-state index in [2.05, 4.69) is 15.6 Å². The second-order valence-corrected chi connectivity index (χ2v) is 6.67. The third-order valence-electron chi connectivity index (χ3n) is 4.13. The summed E-state index contributed by atoms with van der Waals surface area (Å²) < 4.78 is 38.6. The van der Waals surface area contributed by atoms with E-state index in [1.807, 2.05) is 30.3 Å². The molecular weight excluding hydrogens is 508 g/mol. The van der Waals surface area contributed by atoms with Crippen molar-refractivity contribution >= 4 is 35.8 Å². The van der Waals surface area contributed by atoms with Crippen LogP contribution in [0.3, 0.4) is 0 Å². The van der Waals surface area contributed by atoms with Gasteiger partial charge in [0.25, 0.3) is 0 Å². The van der Waals surface area contributed by atoms with E-state index in [0.717, 1.165) is 24.1 Å². The Kier molecular flexibility index (Phi) is 10.6. The lowest BCUT2D eigenvalue weighted by Crippen LogP contribution is -2.43. The molecule has 2 aromatic carbocycles. The van der Waals surface area contributed by atoms with Crippen molar-refractivity contribution in [2.24, 2.45) is 4.99 Å². The summed E-state index contributed by atoms with van der Waals surface area (Å²) in [6, 6.07) is 14.9. The molecule has 0 saturated heterocycles. The summed E-state index contributed by atoms with van der Waals surface area (Å²) in [6.07, 6.45) is -3.65. The van der Waals surface area contributed by atoms with Crippen LogP contribution in [0.2, 0.25) is 0 Å². The zero-order valence-corrected chi connectivity index (χ0v) is 19.2. The molecule has 30 heavy (non-hydrogen) atoms. The van der Waals surface area contributed by atoms with Gasteiger partial charge in [-0.15, -0.1) is 24.0 Å². The highest BCUT2D eigenvalue weighted by atomic mass is 127. The van der Waals surface area contributed by atoms with Crippen LogP contribution in [0, 0.1) is 0 Å². The molecule has 2 aromatic rings. The van der Waals surface area contributed by atoms with Crippen LogP contribution in [-0.4, -0.2) is 44.0 Å². The Hall–Kier alpha value is -2.30. The number of guanidine groups is 1. The zero-order valence-electron chi connectivity index (χ0n) is 16.9. The first kappa shape index (κ1) is 25.7. The monoisotopic (exact) mass is 534 g/mol. The predicted molar refractivity (Wildman–Crippen MR) is 123 cm³/mol. The van der Waals surface area contributed by atoms with E-state index in [4.69, 9.17) is 0 Å². The normalized spacial score (nSPS) is 11.4. The van der Waals surface area contributed by atoms with Gasteiger partial charge in [-0.2, -0.15) is 13.2 Å². The fraction of sp³-hybridized carbons (Fsp3) is 0.333. The maximum Gasteiger partial charge on any atom is 0.416 e. The van der Waals surface area contributed by atoms with Gasteiger partial charge in [0.15, 0.2) is 5.96 Å². The number of halogens is 4. The van der Waals surface area contributed by atoms with E-state index in [1.165, 1.54) is 11.0 Å². The van der Waals surface area contributed by atoms with Crippen molar-refractivity contribution in [2.45, 2.75) is 19.1 Å². The minimum Gasteiger partial charge on any atom is -0.356 e. The van der Waals surface area contributed by atoms with Crippen molar-refractivity contribution in [3.63, 3.8) is 0 Å². The zero-order chi connectivity index (χ0) is 21.3. The number of carbonyl (C=O) groups excluding carboxylic acids is 1. The number of nitrogens with one attached hydrogen (secondary N) is 2. The molecule has 0 spiro atoms. The molecule has 0 heterocycles. The van der Waals surface area contributed by atoms with Crippen molar-refractivity contribution in [1.82, 2.24) is 15.5 Å². The van der Waals surface area contributed by atoms with Crippen LogP contribution in [0.4, 0.5) is 13.2 Å². The third-order valence-corrected chi connectivity index (χ3v) is 4.13. The van der Waals surface area contributed by atoms with E-state index < -0.39 is 11.7 Å². The number of hydrogen-bond acceptors (Lipinski definition) is 2. The highest BCUT2D eigenvalue weighted by molar-refractivity contribution is 14.0. The number of amides is 1. The summed E-state index contributed by atoms with van der Waals surface area (Å²) in [6.45, 7) is 0.655. The third kappa shape index (κ3) is 9.02. The first-order chi connectivity index (χ1) is 13.8. The van der Waals surface area contributed by atoms with Crippen LogP contribution >= 0.6 is 24.0 Å². The van der Waals surface area contributed by atoms with Gasteiger partial charge in [0.05, 0.1) is 18.7 Å². The van der Waals surface area contributed by atoms with Gasteiger partial charge in [0.2, 0.25) is 5.91 Å². The fourth-order valence-electron chi connectivity index (χ4n) is 2.48. The molecule has 1 amide bonds. The smallest absolute Gasteiger partial charge is 0.356 e. The van der Waals surface area contributed by atoms with E-state index in [0.29, 0.717) is 18.1 Å². The molecule has 0 fully saturated rings. The molecular formula is C21H26F3IN4O. The lowest BCUT2D eigenvalue weighted by atomic mass is 10.1. The number of carbonyl (C=O) groups is 1. The van der Waals surface area contributed by atoms with Crippen molar-refractivity contribution in [3.05, 3.63) is 71.3 Å². The van der Waals surface area contributed by atoms with Gasteiger partial charge in [0.1, 0.15) is 0 Å². The summed E-state index contributed by atoms with van der Waals surface area (Å²) in [5, 5.41) is 6.05. The second-order valence-electron chi connectivity index (χ2n) is 6.67. The molecule has 0 aliphatic carbocycles. The molecule has 0 aliphatic heterocycles. The molecule has 5 nitrogen and oxygen atoms in total. The molecule has 9 heteroatoms. The van der Waals surface area contributed by atoms with Gasteiger partial charge < -0.3 is 15.5 Å². The van der Waals surface area contributed by atoms with Crippen LogP contribution in [0.15, 0.2) is 59.6 Å². The Bertz CT molecular complexity index is 827. The van der Waals surface area contributed by atoms with E-state index >= 15 is 0 Å². The highest BCUT2D eigenvalue weighted by Gasteiger charge is 2.30. The van der Waals surface area contributed by atoms with Gasteiger partial charge in [0, 0.05) is 20.6 Å². The molecule has 0 radical (unpaired) electrons. The van der Waals surface area contributed by atoms with Crippen molar-refractivity contribution in [2.75, 3.05) is 27.2 Å². The van der Waals surface area contributed by atoms with Crippen LogP contribution in [0.5, 0.6) is 0 Å². The van der Waals surface area contributed by atoms with E-state index in [1.54, 1.807) is 20.2 Å². The average Bonchev–Trinajstić information content (AvgIpc) is 2.69. The lowest BCUT2D eigenvalue weighted by Gasteiger charge is -2.15. The van der Waals surface area contributed by atoms with Crippen molar-refractivity contribution in [3.8, 4) is 0 Å². The number of likely N-dealkylation sites (N-methyl/N-ethyl adjacent to an activating group) is 1. The molecule has 0 bridgehead atoms. The number of hydrogen-bond donors (Lipinski definition) is 2. The van der Waals surface area contributed by atoms with Gasteiger partial charge in [-0.05, 0) is 29.7 Å². The first-order valence-electron chi connectivity index (χ1n) is 9.18. The van der Waals surface area contributed by atoms with Crippen LogP contribution in [-0.2, 0) is 23.9 Å². The summed E-state index contributed by atoms with van der Waals surface area (Å²) in [5.74, 6) is 0.232. The molecule has 0 saturated carbocycles. The van der Waals surface area contributed by atoms with Gasteiger partial charge >= 0.3 is 6.18 Å². The maximum atomic E-state index is 12.9. The highest BCUT2D eigenvalue weighted by Crippen LogP contribution is 2.29. The molecule has 0 unspecified atom stereocenters. The standard InChI is InChI=1S/C21H25F3N4O.HI/c1-28(2)19(29)15-27-20(25-12-11-16-7-4-3-5-8-16)26-14-17-9-6-10-18(13-17)21(22,23)24;/h3-10,13H,11-12,14-15H2,1-2H3,(H2,25,26,27);1H. The molecule has 0 atom stereocenters. The van der Waals surface area contributed by atoms with Crippen LogP contribution in [0.25, 0.3) is 0 Å². The molecule has 0 aromatic heterocycles. The summed E-state index contributed by atoms with van der Waals surface area (Å²) in [4.78, 5) is 17.6. The first-order valence-corrected chi connectivity index (χ1v) is 9.18. The number of benzene rings is 2. The number of aliphatic imine (C=N–C) groups is 1. The molecule has 2 N–H and O–H groups in total. The molecule has 164 valence electrons. The summed E-state index contributed by atoms with van der Waals surface area (Å²) in [5.41, 5.74) is 0.865. The lowest BCUT2D eigenvalue weighted by molar-refractivity contribution is -0.137. The Morgan fingerprint density at radius 2 is 1.67 bits per heavy atom. The van der Waals surface area contributed by atoms with E-state index in [-0.39, 0.29) is 43.0 Å².